The van der Waals surface area contributed by atoms with Crippen LogP contribution in [0.25, 0.3) is 10.6 Å². The summed E-state index contributed by atoms with van der Waals surface area (Å²) >= 11 is 1.19. The predicted molar refractivity (Wildman–Crippen MR) is 102 cm³/mol. The van der Waals surface area contributed by atoms with E-state index in [4.69, 9.17) is 9.47 Å². The Bertz CT molecular complexity index is 902. The number of carboxylic acids is 1. The molecular formula is C20H19NO4S. The fourth-order valence-corrected chi connectivity index (χ4v) is 3.48. The van der Waals surface area contributed by atoms with E-state index in [1.165, 1.54) is 11.3 Å². The second-order valence-corrected chi connectivity index (χ2v) is 6.46. The number of thiazole rings is 1. The van der Waals surface area contributed by atoms with Gasteiger partial charge in [-0.05, 0) is 49.7 Å². The molecule has 0 saturated carbocycles. The lowest BCUT2D eigenvalue weighted by molar-refractivity contribution is 0.0701. The van der Waals surface area contributed by atoms with Gasteiger partial charge in [-0.3, -0.25) is 0 Å². The summed E-state index contributed by atoms with van der Waals surface area (Å²) in [4.78, 5) is 16.1. The first kappa shape index (κ1) is 17.9. The van der Waals surface area contributed by atoms with Crippen LogP contribution in [0.5, 0.6) is 17.2 Å². The van der Waals surface area contributed by atoms with Crippen molar-refractivity contribution in [1.82, 2.24) is 4.98 Å². The van der Waals surface area contributed by atoms with Crippen LogP contribution in [0.1, 0.15) is 29.2 Å². The van der Waals surface area contributed by atoms with E-state index in [0.29, 0.717) is 45.9 Å². The summed E-state index contributed by atoms with van der Waals surface area (Å²) in [5.74, 6) is 1.08. The first-order valence-electron chi connectivity index (χ1n) is 8.35. The minimum absolute atomic E-state index is 0.300. The molecule has 0 aliphatic rings. The molecule has 3 aromatic rings. The summed E-state index contributed by atoms with van der Waals surface area (Å²) in [5, 5.41) is 9.97. The van der Waals surface area contributed by atoms with Gasteiger partial charge in [-0.15, -0.1) is 11.3 Å². The average molecular weight is 369 g/mol. The number of carboxylic acid groups (broad SMARTS) is 1. The number of para-hydroxylation sites is 2. The molecular weight excluding hydrogens is 350 g/mol. The van der Waals surface area contributed by atoms with Crippen LogP contribution in [0, 0.1) is 0 Å². The Hall–Kier alpha value is -2.86. The average Bonchev–Trinajstić information content (AvgIpc) is 3.09. The van der Waals surface area contributed by atoms with Crippen LogP contribution in [0.15, 0.2) is 48.5 Å². The third kappa shape index (κ3) is 3.86. The zero-order valence-corrected chi connectivity index (χ0v) is 15.4. The van der Waals surface area contributed by atoms with Gasteiger partial charge >= 0.3 is 5.97 Å². The van der Waals surface area contributed by atoms with Gasteiger partial charge in [0.25, 0.3) is 0 Å². The first-order valence-corrected chi connectivity index (χ1v) is 9.17. The van der Waals surface area contributed by atoms with E-state index >= 15 is 0 Å². The molecule has 134 valence electrons. The van der Waals surface area contributed by atoms with E-state index < -0.39 is 5.97 Å². The van der Waals surface area contributed by atoms with E-state index in [9.17, 15) is 9.90 Å². The quantitative estimate of drug-likeness (QED) is 0.615. The van der Waals surface area contributed by atoms with Gasteiger partial charge in [0.1, 0.15) is 15.6 Å². The molecule has 0 unspecified atom stereocenters. The summed E-state index contributed by atoms with van der Waals surface area (Å²) < 4.78 is 11.5. The molecule has 26 heavy (non-hydrogen) atoms. The highest BCUT2D eigenvalue weighted by atomic mass is 32.1. The highest BCUT2D eigenvalue weighted by molar-refractivity contribution is 7.17. The first-order chi connectivity index (χ1) is 12.6. The second kappa shape index (κ2) is 8.01. The van der Waals surface area contributed by atoms with E-state index in [-0.39, 0.29) is 0 Å². The smallest absolute Gasteiger partial charge is 0.347 e. The third-order valence-electron chi connectivity index (χ3n) is 3.70. The number of aromatic carboxylic acids is 1. The highest BCUT2D eigenvalue weighted by Gasteiger charge is 2.17. The number of hydrogen-bond donors (Lipinski definition) is 1. The van der Waals surface area contributed by atoms with Crippen molar-refractivity contribution in [3.63, 3.8) is 0 Å². The predicted octanol–water partition coefficient (Wildman–Crippen LogP) is 5.26. The van der Waals surface area contributed by atoms with Crippen LogP contribution in [0.2, 0.25) is 0 Å². The van der Waals surface area contributed by atoms with Gasteiger partial charge < -0.3 is 14.6 Å². The summed E-state index contributed by atoms with van der Waals surface area (Å²) in [6.45, 7) is 4.39. The maximum atomic E-state index is 11.3. The van der Waals surface area contributed by atoms with Gasteiger partial charge in [0, 0.05) is 5.56 Å². The van der Waals surface area contributed by atoms with Gasteiger partial charge in [-0.1, -0.05) is 19.1 Å². The van der Waals surface area contributed by atoms with Crippen molar-refractivity contribution in [2.24, 2.45) is 0 Å². The molecule has 0 spiro atoms. The molecule has 6 heteroatoms. The largest absolute Gasteiger partial charge is 0.490 e. The maximum absolute atomic E-state index is 11.3. The number of ether oxygens (including phenoxy) is 2. The normalized spacial score (nSPS) is 10.5. The molecule has 1 N–H and O–H groups in total. The molecule has 5 nitrogen and oxygen atoms in total. The Labute approximate surface area is 155 Å². The highest BCUT2D eigenvalue weighted by Crippen LogP contribution is 2.33. The fourth-order valence-electron chi connectivity index (χ4n) is 2.48. The number of rotatable bonds is 7. The Balaban J connectivity index is 1.82. The molecule has 0 saturated heterocycles. The Kier molecular flexibility index (Phi) is 5.53. The van der Waals surface area contributed by atoms with E-state index in [0.717, 1.165) is 5.56 Å². The van der Waals surface area contributed by atoms with Gasteiger partial charge in [0.15, 0.2) is 11.5 Å². The molecule has 0 radical (unpaired) electrons. The maximum Gasteiger partial charge on any atom is 0.347 e. The summed E-state index contributed by atoms with van der Waals surface area (Å²) in [7, 11) is 0. The number of carbonyl (C=O) groups is 1. The topological polar surface area (TPSA) is 68.7 Å². The van der Waals surface area contributed by atoms with Crippen molar-refractivity contribution in [2.75, 3.05) is 6.61 Å². The lowest BCUT2D eigenvalue weighted by Gasteiger charge is -2.11. The van der Waals surface area contributed by atoms with Gasteiger partial charge in [0.05, 0.1) is 12.3 Å². The van der Waals surface area contributed by atoms with Crippen molar-refractivity contribution in [3.05, 3.63) is 59.1 Å². The summed E-state index contributed by atoms with van der Waals surface area (Å²) in [5.41, 5.74) is 1.48. The molecule has 2 aromatic carbocycles. The number of benzene rings is 2. The molecule has 1 heterocycles. The van der Waals surface area contributed by atoms with Gasteiger partial charge in [0.2, 0.25) is 0 Å². The van der Waals surface area contributed by atoms with Crippen LogP contribution < -0.4 is 9.47 Å². The van der Waals surface area contributed by atoms with E-state index in [1.807, 2.05) is 62.4 Å². The van der Waals surface area contributed by atoms with Crippen LogP contribution in [0.4, 0.5) is 0 Å². The zero-order valence-electron chi connectivity index (χ0n) is 14.6. The third-order valence-corrected chi connectivity index (χ3v) is 4.84. The fraction of sp³-hybridized carbons (Fsp3) is 0.200. The van der Waals surface area contributed by atoms with Crippen LogP contribution in [0.3, 0.4) is 0 Å². The lowest BCUT2D eigenvalue weighted by Crippen LogP contribution is -1.97. The Morgan fingerprint density at radius 3 is 2.35 bits per heavy atom. The van der Waals surface area contributed by atoms with Crippen molar-refractivity contribution in [2.45, 2.75) is 20.3 Å². The standard InChI is InChI=1S/C20H19NO4S/c1-3-15-18(20(22)23)26-19(21-15)13-9-11-14(12-10-13)25-17-8-6-5-7-16(17)24-4-2/h5-12H,3-4H2,1-2H3,(H,22,23). The van der Waals surface area contributed by atoms with Crippen molar-refractivity contribution in [1.29, 1.82) is 0 Å². The monoisotopic (exact) mass is 369 g/mol. The second-order valence-electron chi connectivity index (χ2n) is 5.46. The summed E-state index contributed by atoms with van der Waals surface area (Å²) in [6.07, 6.45) is 0.591. The molecule has 0 atom stereocenters. The molecule has 0 bridgehead atoms. The van der Waals surface area contributed by atoms with E-state index in [1.54, 1.807) is 0 Å². The molecule has 0 amide bonds. The Morgan fingerprint density at radius 1 is 1.08 bits per heavy atom. The van der Waals surface area contributed by atoms with Gasteiger partial charge in [-0.2, -0.15) is 0 Å². The molecule has 0 fully saturated rings. The number of aromatic nitrogens is 1. The number of hydrogen-bond acceptors (Lipinski definition) is 5. The van der Waals surface area contributed by atoms with Gasteiger partial charge in [-0.25, -0.2) is 9.78 Å². The van der Waals surface area contributed by atoms with Crippen molar-refractivity contribution >= 4 is 17.3 Å². The van der Waals surface area contributed by atoms with Crippen molar-refractivity contribution < 1.29 is 19.4 Å². The number of nitrogens with zero attached hydrogens (tertiary/aromatic N) is 1. The molecule has 0 aliphatic heterocycles. The van der Waals surface area contributed by atoms with Crippen LogP contribution >= 0.6 is 11.3 Å². The van der Waals surface area contributed by atoms with Crippen molar-refractivity contribution in [3.8, 4) is 27.8 Å². The van der Waals surface area contributed by atoms with E-state index in [2.05, 4.69) is 4.98 Å². The van der Waals surface area contributed by atoms with Crippen LogP contribution in [-0.4, -0.2) is 22.7 Å². The molecule has 1 aromatic heterocycles. The minimum Gasteiger partial charge on any atom is -0.490 e. The van der Waals surface area contributed by atoms with Crippen LogP contribution in [-0.2, 0) is 6.42 Å². The number of aryl methyl sites for hydroxylation is 1. The molecule has 0 aliphatic carbocycles. The molecule has 3 rings (SSSR count). The summed E-state index contributed by atoms with van der Waals surface area (Å²) in [6, 6.07) is 14.9. The lowest BCUT2D eigenvalue weighted by atomic mass is 10.2. The Morgan fingerprint density at radius 2 is 1.77 bits per heavy atom. The SMILES string of the molecule is CCOc1ccccc1Oc1ccc(-c2nc(CC)c(C(=O)O)s2)cc1. The zero-order chi connectivity index (χ0) is 18.5. The minimum atomic E-state index is -0.932.